The van der Waals surface area contributed by atoms with Gasteiger partial charge in [-0.15, -0.1) is 0 Å². The van der Waals surface area contributed by atoms with Crippen molar-refractivity contribution >= 4 is 5.82 Å². The van der Waals surface area contributed by atoms with Crippen LogP contribution in [0.1, 0.15) is 12.6 Å². The van der Waals surface area contributed by atoms with Gasteiger partial charge < -0.3 is 14.4 Å². The summed E-state index contributed by atoms with van der Waals surface area (Å²) in [6, 6.07) is 7.64. The summed E-state index contributed by atoms with van der Waals surface area (Å²) in [6.45, 7) is 3.97. The number of hydrogen-bond donors (Lipinski definition) is 0. The molecule has 0 spiro atoms. The van der Waals surface area contributed by atoms with Crippen LogP contribution < -0.4 is 4.90 Å². The van der Waals surface area contributed by atoms with Gasteiger partial charge in [0.1, 0.15) is 17.6 Å². The molecule has 5 heteroatoms. The van der Waals surface area contributed by atoms with E-state index in [1.807, 2.05) is 18.2 Å². The minimum absolute atomic E-state index is 0.173. The maximum atomic E-state index is 8.88. The SMILES string of the molecule is COCCN(c1cccc(C#N)n1)C(C)COC. The van der Waals surface area contributed by atoms with E-state index in [9.17, 15) is 0 Å². The van der Waals surface area contributed by atoms with Crippen molar-refractivity contribution in [1.29, 1.82) is 5.26 Å². The van der Waals surface area contributed by atoms with Gasteiger partial charge in [0.05, 0.1) is 19.3 Å². The molecule has 1 aromatic heterocycles. The predicted molar refractivity (Wildman–Crippen MR) is 69.5 cm³/mol. The Morgan fingerprint density at radius 3 is 2.78 bits per heavy atom. The van der Waals surface area contributed by atoms with E-state index in [1.165, 1.54) is 0 Å². The number of nitrogens with zero attached hydrogens (tertiary/aromatic N) is 3. The Morgan fingerprint density at radius 2 is 2.17 bits per heavy atom. The largest absolute Gasteiger partial charge is 0.383 e. The Balaban J connectivity index is 2.89. The standard InChI is InChI=1S/C13H19N3O2/c1-11(10-18-3)16(7-8-17-2)13-6-4-5-12(9-14)15-13/h4-6,11H,7-8,10H2,1-3H3. The zero-order valence-electron chi connectivity index (χ0n) is 11.1. The fourth-order valence-electron chi connectivity index (χ4n) is 1.73. The average molecular weight is 249 g/mol. The Labute approximate surface area is 108 Å². The highest BCUT2D eigenvalue weighted by Crippen LogP contribution is 2.14. The van der Waals surface area contributed by atoms with Crippen LogP contribution in [-0.4, -0.2) is 45.0 Å². The van der Waals surface area contributed by atoms with Crippen LogP contribution in [0.25, 0.3) is 0 Å². The Bertz CT molecular complexity index is 403. The van der Waals surface area contributed by atoms with E-state index in [0.717, 1.165) is 5.82 Å². The van der Waals surface area contributed by atoms with E-state index < -0.39 is 0 Å². The molecule has 18 heavy (non-hydrogen) atoms. The lowest BCUT2D eigenvalue weighted by Crippen LogP contribution is -2.39. The molecule has 1 aromatic rings. The summed E-state index contributed by atoms with van der Waals surface area (Å²) in [6.07, 6.45) is 0. The van der Waals surface area contributed by atoms with Crippen molar-refractivity contribution in [2.24, 2.45) is 0 Å². The van der Waals surface area contributed by atoms with Crippen LogP contribution in [0.15, 0.2) is 18.2 Å². The second-order valence-electron chi connectivity index (χ2n) is 3.98. The molecule has 98 valence electrons. The summed E-state index contributed by atoms with van der Waals surface area (Å²) in [4.78, 5) is 6.38. The van der Waals surface area contributed by atoms with Crippen molar-refractivity contribution in [1.82, 2.24) is 4.98 Å². The first kappa shape index (κ1) is 14.4. The Kier molecular flexibility index (Phi) is 6.12. The third-order valence-corrected chi connectivity index (χ3v) is 2.62. The van der Waals surface area contributed by atoms with Crippen molar-refractivity contribution in [3.8, 4) is 6.07 Å². The molecular formula is C13H19N3O2. The molecule has 0 fully saturated rings. The van der Waals surface area contributed by atoms with E-state index in [1.54, 1.807) is 20.3 Å². The van der Waals surface area contributed by atoms with E-state index in [2.05, 4.69) is 16.8 Å². The van der Waals surface area contributed by atoms with Gasteiger partial charge in [-0.3, -0.25) is 0 Å². The summed E-state index contributed by atoms with van der Waals surface area (Å²) in [5, 5.41) is 8.88. The van der Waals surface area contributed by atoms with Gasteiger partial charge in [0.25, 0.3) is 0 Å². The number of nitriles is 1. The van der Waals surface area contributed by atoms with Gasteiger partial charge in [-0.05, 0) is 19.1 Å². The van der Waals surface area contributed by atoms with Crippen molar-refractivity contribution < 1.29 is 9.47 Å². The molecule has 1 atom stereocenters. The second-order valence-corrected chi connectivity index (χ2v) is 3.98. The highest BCUT2D eigenvalue weighted by Gasteiger charge is 2.15. The number of hydrogen-bond acceptors (Lipinski definition) is 5. The molecule has 0 aliphatic carbocycles. The lowest BCUT2D eigenvalue weighted by molar-refractivity contribution is 0.170. The van der Waals surface area contributed by atoms with Crippen molar-refractivity contribution in [2.75, 3.05) is 38.9 Å². The maximum Gasteiger partial charge on any atom is 0.142 e. The lowest BCUT2D eigenvalue weighted by Gasteiger charge is -2.29. The number of methoxy groups -OCH3 is 2. The number of anilines is 1. The average Bonchev–Trinajstić information content (AvgIpc) is 2.40. The highest BCUT2D eigenvalue weighted by molar-refractivity contribution is 5.42. The Hall–Kier alpha value is -1.64. The molecule has 0 aliphatic heterocycles. The number of ether oxygens (including phenoxy) is 2. The molecule has 0 radical (unpaired) electrons. The van der Waals surface area contributed by atoms with Crippen LogP contribution in [-0.2, 0) is 9.47 Å². The molecule has 0 amide bonds. The molecule has 0 N–H and O–H groups in total. The maximum absolute atomic E-state index is 8.88. The quantitative estimate of drug-likeness (QED) is 0.732. The van der Waals surface area contributed by atoms with Gasteiger partial charge in [0.15, 0.2) is 0 Å². The molecule has 1 unspecified atom stereocenters. The third-order valence-electron chi connectivity index (χ3n) is 2.62. The van der Waals surface area contributed by atoms with Crippen LogP contribution in [0.4, 0.5) is 5.82 Å². The van der Waals surface area contributed by atoms with Gasteiger partial charge >= 0.3 is 0 Å². The summed E-state index contributed by atoms with van der Waals surface area (Å²) in [7, 11) is 3.34. The highest BCUT2D eigenvalue weighted by atomic mass is 16.5. The van der Waals surface area contributed by atoms with Crippen LogP contribution in [0.2, 0.25) is 0 Å². The molecule has 0 aromatic carbocycles. The fraction of sp³-hybridized carbons (Fsp3) is 0.538. The normalized spacial score (nSPS) is 11.9. The van der Waals surface area contributed by atoms with Crippen molar-refractivity contribution in [2.45, 2.75) is 13.0 Å². The Morgan fingerprint density at radius 1 is 1.39 bits per heavy atom. The van der Waals surface area contributed by atoms with E-state index in [4.69, 9.17) is 14.7 Å². The van der Waals surface area contributed by atoms with Crippen LogP contribution >= 0.6 is 0 Å². The van der Waals surface area contributed by atoms with Gasteiger partial charge in [0.2, 0.25) is 0 Å². The lowest BCUT2D eigenvalue weighted by atomic mass is 10.2. The van der Waals surface area contributed by atoms with Gasteiger partial charge in [0, 0.05) is 20.8 Å². The fourth-order valence-corrected chi connectivity index (χ4v) is 1.73. The molecule has 0 saturated carbocycles. The smallest absolute Gasteiger partial charge is 0.142 e. The zero-order valence-corrected chi connectivity index (χ0v) is 11.1. The molecule has 1 heterocycles. The number of rotatable bonds is 7. The molecule has 0 aliphatic rings. The summed E-state index contributed by atoms with van der Waals surface area (Å²) in [5.41, 5.74) is 0.416. The first-order valence-electron chi connectivity index (χ1n) is 5.84. The first-order valence-corrected chi connectivity index (χ1v) is 5.84. The molecule has 0 saturated heterocycles. The van der Waals surface area contributed by atoms with Crippen LogP contribution in [0, 0.1) is 11.3 Å². The second kappa shape index (κ2) is 7.64. The van der Waals surface area contributed by atoms with E-state index in [-0.39, 0.29) is 6.04 Å². The third kappa shape index (κ3) is 3.99. The first-order chi connectivity index (χ1) is 8.72. The topological polar surface area (TPSA) is 58.4 Å². The van der Waals surface area contributed by atoms with Crippen LogP contribution in [0.3, 0.4) is 0 Å². The molecule has 5 nitrogen and oxygen atoms in total. The zero-order chi connectivity index (χ0) is 13.4. The van der Waals surface area contributed by atoms with E-state index >= 15 is 0 Å². The van der Waals surface area contributed by atoms with Gasteiger partial charge in [-0.2, -0.15) is 5.26 Å². The monoisotopic (exact) mass is 249 g/mol. The summed E-state index contributed by atoms with van der Waals surface area (Å²) in [5.74, 6) is 0.774. The molecule has 0 bridgehead atoms. The molecule has 1 rings (SSSR count). The van der Waals surface area contributed by atoms with E-state index in [0.29, 0.717) is 25.5 Å². The number of pyridine rings is 1. The minimum atomic E-state index is 0.173. The summed E-state index contributed by atoms with van der Waals surface area (Å²) < 4.78 is 10.3. The van der Waals surface area contributed by atoms with Crippen LogP contribution in [0.5, 0.6) is 0 Å². The van der Waals surface area contributed by atoms with Crippen molar-refractivity contribution in [3.63, 3.8) is 0 Å². The van der Waals surface area contributed by atoms with Gasteiger partial charge in [-0.1, -0.05) is 6.07 Å². The van der Waals surface area contributed by atoms with Gasteiger partial charge in [-0.25, -0.2) is 4.98 Å². The predicted octanol–water partition coefficient (Wildman–Crippen LogP) is 1.44. The minimum Gasteiger partial charge on any atom is -0.383 e. The van der Waals surface area contributed by atoms with Crippen molar-refractivity contribution in [3.05, 3.63) is 23.9 Å². The summed E-state index contributed by atoms with van der Waals surface area (Å²) >= 11 is 0. The number of aromatic nitrogens is 1. The molecular weight excluding hydrogens is 230 g/mol.